The number of nitrogens with one attached hydrogen (secondary N) is 1. The first-order valence-electron chi connectivity index (χ1n) is 8.90. The summed E-state index contributed by atoms with van der Waals surface area (Å²) in [5, 5.41) is 2.42. The van der Waals surface area contributed by atoms with E-state index in [9.17, 15) is 22.4 Å². The van der Waals surface area contributed by atoms with Gasteiger partial charge in [0.2, 0.25) is 0 Å². The first kappa shape index (κ1) is 20.1. The van der Waals surface area contributed by atoms with Gasteiger partial charge in [-0.05, 0) is 43.0 Å². The Labute approximate surface area is 160 Å². The summed E-state index contributed by atoms with van der Waals surface area (Å²) < 4.78 is 54.0. The van der Waals surface area contributed by atoms with Crippen LogP contribution in [0.2, 0.25) is 0 Å². The van der Waals surface area contributed by atoms with E-state index in [1.54, 1.807) is 6.20 Å². The minimum Gasteiger partial charge on any atom is -0.375 e. The van der Waals surface area contributed by atoms with Gasteiger partial charge < -0.3 is 15.1 Å². The molecule has 0 radical (unpaired) electrons. The Bertz CT molecular complexity index is 821. The average Bonchev–Trinajstić information content (AvgIpc) is 2.64. The van der Waals surface area contributed by atoms with Gasteiger partial charge in [-0.1, -0.05) is 12.1 Å². The normalized spacial score (nSPS) is 22.3. The van der Waals surface area contributed by atoms with Crippen LogP contribution in [0.5, 0.6) is 0 Å². The molecule has 4 nitrogen and oxygen atoms in total. The van der Waals surface area contributed by atoms with Gasteiger partial charge in [-0.3, -0.25) is 4.79 Å². The second kappa shape index (κ2) is 8.18. The number of halogens is 4. The van der Waals surface area contributed by atoms with Crippen LogP contribution < -0.4 is 5.32 Å². The fourth-order valence-electron chi connectivity index (χ4n) is 3.11. The zero-order valence-corrected chi connectivity index (χ0v) is 15.3. The number of allylic oxidation sites excluding steroid dienone is 4. The number of hydrogen-bond acceptors (Lipinski definition) is 3. The molecule has 0 bridgehead atoms. The largest absolute Gasteiger partial charge is 0.399 e. The Kier molecular flexibility index (Phi) is 5.88. The highest BCUT2D eigenvalue weighted by molar-refractivity contribution is 5.95. The van der Waals surface area contributed by atoms with Crippen molar-refractivity contribution in [3.8, 4) is 0 Å². The van der Waals surface area contributed by atoms with Crippen LogP contribution in [0.15, 0.2) is 60.0 Å². The Balaban J connectivity index is 1.77. The van der Waals surface area contributed by atoms with Crippen LogP contribution in [0.1, 0.15) is 10.4 Å². The van der Waals surface area contributed by atoms with Gasteiger partial charge in [0.05, 0.1) is 0 Å². The van der Waals surface area contributed by atoms with E-state index in [4.69, 9.17) is 0 Å². The molecule has 1 heterocycles. The molecule has 1 aliphatic carbocycles. The lowest BCUT2D eigenvalue weighted by molar-refractivity contribution is -0.151. The number of nitrogens with zero attached hydrogens (tertiary/aromatic N) is 2. The second-order valence-electron chi connectivity index (χ2n) is 6.91. The topological polar surface area (TPSA) is 35.6 Å². The van der Waals surface area contributed by atoms with Gasteiger partial charge in [0.15, 0.2) is 0 Å². The zero-order chi connectivity index (χ0) is 20.3. The lowest BCUT2D eigenvalue weighted by Gasteiger charge is -2.33. The van der Waals surface area contributed by atoms with Crippen LogP contribution in [0, 0.1) is 11.7 Å². The molecule has 2 aliphatic rings. The van der Waals surface area contributed by atoms with Crippen molar-refractivity contribution in [2.75, 3.05) is 33.2 Å². The quantitative estimate of drug-likeness (QED) is 0.798. The fraction of sp³-hybridized carbons (Fsp3) is 0.350. The number of piperazine rings is 1. The average molecular weight is 395 g/mol. The van der Waals surface area contributed by atoms with E-state index in [0.29, 0.717) is 13.1 Å². The molecule has 0 spiro atoms. The molecule has 1 atom stereocenters. The molecule has 8 heteroatoms. The number of amides is 1. The number of benzene rings is 1. The van der Waals surface area contributed by atoms with Gasteiger partial charge in [0.25, 0.3) is 5.91 Å². The van der Waals surface area contributed by atoms with Gasteiger partial charge in [-0.25, -0.2) is 4.39 Å². The standard InChI is InChI=1S/C20H21F4N3O/c1-26-7-9-27(10-8-26)13-15-5-6-17(12-18(15)20(22,23)24)25-19(28)14-3-2-4-16(21)11-14/h2-6,11-13,18H,7-10H2,1H3,(H,25,28). The Morgan fingerprint density at radius 1 is 1.18 bits per heavy atom. The van der Waals surface area contributed by atoms with E-state index in [0.717, 1.165) is 25.2 Å². The molecule has 3 rings (SSSR count). The van der Waals surface area contributed by atoms with Gasteiger partial charge in [-0.15, -0.1) is 0 Å². The molecule has 1 N–H and O–H groups in total. The Hall–Kier alpha value is -2.61. The monoisotopic (exact) mass is 395 g/mol. The van der Waals surface area contributed by atoms with Crippen LogP contribution in [0.3, 0.4) is 0 Å². The van der Waals surface area contributed by atoms with Crippen LogP contribution in [-0.4, -0.2) is 55.1 Å². The Morgan fingerprint density at radius 3 is 2.54 bits per heavy atom. The molecular formula is C20H21F4N3O. The maximum absolute atomic E-state index is 13.6. The molecule has 1 aromatic carbocycles. The number of rotatable bonds is 3. The smallest absolute Gasteiger partial charge is 0.375 e. The minimum absolute atomic E-state index is 0.0344. The second-order valence-corrected chi connectivity index (χ2v) is 6.91. The fourth-order valence-corrected chi connectivity index (χ4v) is 3.11. The molecule has 1 amide bonds. The van der Waals surface area contributed by atoms with Crippen molar-refractivity contribution in [1.29, 1.82) is 0 Å². The van der Waals surface area contributed by atoms with E-state index in [2.05, 4.69) is 10.2 Å². The molecular weight excluding hydrogens is 374 g/mol. The molecule has 1 aromatic rings. The first-order valence-corrected chi connectivity index (χ1v) is 8.90. The van der Waals surface area contributed by atoms with Gasteiger partial charge in [0.1, 0.15) is 11.7 Å². The minimum atomic E-state index is -4.49. The zero-order valence-electron chi connectivity index (χ0n) is 15.3. The van der Waals surface area contributed by atoms with E-state index < -0.39 is 23.8 Å². The molecule has 1 fully saturated rings. The molecule has 28 heavy (non-hydrogen) atoms. The molecule has 150 valence electrons. The highest BCUT2D eigenvalue weighted by Gasteiger charge is 2.41. The van der Waals surface area contributed by atoms with Crippen molar-refractivity contribution in [1.82, 2.24) is 15.1 Å². The summed E-state index contributed by atoms with van der Waals surface area (Å²) in [6.07, 6.45) is 0.847. The van der Waals surface area contributed by atoms with Gasteiger partial charge in [-0.2, -0.15) is 13.2 Å². The lowest BCUT2D eigenvalue weighted by Crippen LogP contribution is -2.42. The molecule has 1 saturated heterocycles. The number of carbonyl (C=O) groups is 1. The summed E-state index contributed by atoms with van der Waals surface area (Å²) in [6.45, 7) is 2.89. The third-order valence-corrected chi connectivity index (χ3v) is 4.73. The number of alkyl halides is 3. The van der Waals surface area contributed by atoms with E-state index in [1.165, 1.54) is 30.4 Å². The van der Waals surface area contributed by atoms with Crippen LogP contribution in [-0.2, 0) is 0 Å². The third kappa shape index (κ3) is 5.01. The number of hydrogen-bond donors (Lipinski definition) is 1. The SMILES string of the molecule is CN1CCN(C=C2C=CC(NC(=O)c3cccc(F)c3)=CC2C(F)(F)F)CC1. The van der Waals surface area contributed by atoms with Crippen LogP contribution in [0.4, 0.5) is 17.6 Å². The summed E-state index contributed by atoms with van der Waals surface area (Å²) >= 11 is 0. The summed E-state index contributed by atoms with van der Waals surface area (Å²) in [5.74, 6) is -3.07. The first-order chi connectivity index (χ1) is 13.2. The number of likely N-dealkylation sites (N-methyl/N-ethyl adjacent to an activating group) is 1. The Morgan fingerprint density at radius 2 is 1.89 bits per heavy atom. The lowest BCUT2D eigenvalue weighted by atomic mass is 9.93. The third-order valence-electron chi connectivity index (χ3n) is 4.73. The van der Waals surface area contributed by atoms with Crippen molar-refractivity contribution >= 4 is 5.91 Å². The maximum Gasteiger partial charge on any atom is 0.399 e. The predicted octanol–water partition coefficient (Wildman–Crippen LogP) is 3.32. The van der Waals surface area contributed by atoms with Crippen LogP contribution >= 0.6 is 0 Å². The summed E-state index contributed by atoms with van der Waals surface area (Å²) in [4.78, 5) is 16.2. The van der Waals surface area contributed by atoms with Crippen molar-refractivity contribution in [2.24, 2.45) is 5.92 Å². The van der Waals surface area contributed by atoms with Gasteiger partial charge >= 0.3 is 6.18 Å². The maximum atomic E-state index is 13.6. The van der Waals surface area contributed by atoms with Crippen molar-refractivity contribution in [2.45, 2.75) is 6.18 Å². The van der Waals surface area contributed by atoms with Crippen molar-refractivity contribution < 1.29 is 22.4 Å². The van der Waals surface area contributed by atoms with E-state index >= 15 is 0 Å². The number of carbonyl (C=O) groups excluding carboxylic acids is 1. The van der Waals surface area contributed by atoms with Crippen molar-refractivity contribution in [3.63, 3.8) is 0 Å². The summed E-state index contributed by atoms with van der Waals surface area (Å²) in [5.41, 5.74) is 0.199. The van der Waals surface area contributed by atoms with E-state index in [-0.39, 0.29) is 16.8 Å². The molecule has 0 saturated carbocycles. The van der Waals surface area contributed by atoms with Crippen molar-refractivity contribution in [3.05, 3.63) is 71.3 Å². The summed E-state index contributed by atoms with van der Waals surface area (Å²) in [7, 11) is 1.97. The molecule has 0 aromatic heterocycles. The van der Waals surface area contributed by atoms with Crippen LogP contribution in [0.25, 0.3) is 0 Å². The molecule has 1 unspecified atom stereocenters. The van der Waals surface area contributed by atoms with E-state index in [1.807, 2.05) is 11.9 Å². The highest BCUT2D eigenvalue weighted by Crippen LogP contribution is 2.36. The predicted molar refractivity (Wildman–Crippen MR) is 97.8 cm³/mol. The highest BCUT2D eigenvalue weighted by atomic mass is 19.4. The summed E-state index contributed by atoms with van der Waals surface area (Å²) in [6, 6.07) is 4.98. The molecule has 1 aliphatic heterocycles. The van der Waals surface area contributed by atoms with Gasteiger partial charge in [0, 0.05) is 43.6 Å².